The average molecular weight is 358 g/mol. The van der Waals surface area contributed by atoms with Gasteiger partial charge in [-0.15, -0.1) is 0 Å². The molecule has 0 aliphatic carbocycles. The second-order valence-electron chi connectivity index (χ2n) is 6.01. The zero-order valence-corrected chi connectivity index (χ0v) is 14.1. The Kier molecular flexibility index (Phi) is 3.97. The van der Waals surface area contributed by atoms with Gasteiger partial charge in [-0.25, -0.2) is 0 Å². The van der Waals surface area contributed by atoms with E-state index < -0.39 is 0 Å². The first-order valence-electron chi connectivity index (χ1n) is 8.01. The molecule has 1 aliphatic heterocycles. The highest BCUT2D eigenvalue weighted by atomic mass is 35.5. The number of piperazine rings is 1. The lowest BCUT2D eigenvalue weighted by molar-refractivity contribution is 0.0532. The molecule has 1 aromatic carbocycles. The molecule has 4 rings (SSSR count). The van der Waals surface area contributed by atoms with Crippen LogP contribution in [-0.4, -0.2) is 52.8 Å². The molecule has 1 aliphatic rings. The lowest BCUT2D eigenvalue weighted by Crippen LogP contribution is -2.50. The van der Waals surface area contributed by atoms with Crippen molar-refractivity contribution in [3.8, 4) is 0 Å². The number of nitrogens with one attached hydrogen (secondary N) is 1. The number of aromatic nitrogens is 1. The highest BCUT2D eigenvalue weighted by Crippen LogP contribution is 2.21. The predicted molar refractivity (Wildman–Crippen MR) is 93.8 cm³/mol. The standard InChI is InChI=1S/C18H16ClN3O3/c19-14-1-2-15-13(9-14)10-16(20-15)18(24)22-6-4-21(5-7-22)17(23)12-3-8-25-11-12/h1-3,8-11,20H,4-7H2. The fourth-order valence-electron chi connectivity index (χ4n) is 3.07. The summed E-state index contributed by atoms with van der Waals surface area (Å²) in [6, 6.07) is 8.93. The van der Waals surface area contributed by atoms with Crippen LogP contribution in [0.2, 0.25) is 5.02 Å². The number of nitrogens with zero attached hydrogens (tertiary/aromatic N) is 2. The molecule has 0 atom stereocenters. The molecule has 25 heavy (non-hydrogen) atoms. The molecule has 1 saturated heterocycles. The van der Waals surface area contributed by atoms with Gasteiger partial charge in [0.05, 0.1) is 11.8 Å². The molecule has 3 heterocycles. The highest BCUT2D eigenvalue weighted by Gasteiger charge is 2.26. The molecular formula is C18H16ClN3O3. The number of H-pyrrole nitrogens is 1. The van der Waals surface area contributed by atoms with Crippen LogP contribution in [0.15, 0.2) is 47.3 Å². The fourth-order valence-corrected chi connectivity index (χ4v) is 3.25. The fraction of sp³-hybridized carbons (Fsp3) is 0.222. The van der Waals surface area contributed by atoms with Gasteiger partial charge in [-0.1, -0.05) is 11.6 Å². The van der Waals surface area contributed by atoms with Gasteiger partial charge in [-0.05, 0) is 30.3 Å². The number of amides is 2. The summed E-state index contributed by atoms with van der Waals surface area (Å²) in [7, 11) is 0. The quantitative estimate of drug-likeness (QED) is 0.766. The number of rotatable bonds is 2. The summed E-state index contributed by atoms with van der Waals surface area (Å²) in [6.45, 7) is 2.00. The van der Waals surface area contributed by atoms with Crippen LogP contribution in [0.25, 0.3) is 10.9 Å². The molecule has 3 aromatic rings. The first-order valence-corrected chi connectivity index (χ1v) is 8.38. The van der Waals surface area contributed by atoms with E-state index >= 15 is 0 Å². The summed E-state index contributed by atoms with van der Waals surface area (Å²) in [4.78, 5) is 31.6. The van der Waals surface area contributed by atoms with Crippen molar-refractivity contribution in [1.82, 2.24) is 14.8 Å². The molecule has 0 saturated carbocycles. The van der Waals surface area contributed by atoms with Crippen LogP contribution in [0.5, 0.6) is 0 Å². The van der Waals surface area contributed by atoms with Crippen LogP contribution in [-0.2, 0) is 0 Å². The van der Waals surface area contributed by atoms with Crippen LogP contribution < -0.4 is 0 Å². The van der Waals surface area contributed by atoms with Gasteiger partial charge >= 0.3 is 0 Å². The number of fused-ring (bicyclic) bond motifs is 1. The van der Waals surface area contributed by atoms with E-state index in [4.69, 9.17) is 16.0 Å². The van der Waals surface area contributed by atoms with Crippen LogP contribution in [0.1, 0.15) is 20.8 Å². The van der Waals surface area contributed by atoms with Gasteiger partial charge in [0.15, 0.2) is 0 Å². The van der Waals surface area contributed by atoms with Crippen molar-refractivity contribution >= 4 is 34.3 Å². The smallest absolute Gasteiger partial charge is 0.270 e. The third-order valence-electron chi connectivity index (χ3n) is 4.44. The van der Waals surface area contributed by atoms with Crippen molar-refractivity contribution in [2.75, 3.05) is 26.2 Å². The van der Waals surface area contributed by atoms with Crippen molar-refractivity contribution in [2.24, 2.45) is 0 Å². The Bertz CT molecular complexity index is 924. The largest absolute Gasteiger partial charge is 0.472 e. The van der Waals surface area contributed by atoms with Gasteiger partial charge in [0, 0.05) is 42.1 Å². The van der Waals surface area contributed by atoms with Gasteiger partial charge in [-0.2, -0.15) is 0 Å². The molecule has 1 N–H and O–H groups in total. The van der Waals surface area contributed by atoms with E-state index in [0.29, 0.717) is 42.5 Å². The summed E-state index contributed by atoms with van der Waals surface area (Å²) < 4.78 is 4.96. The number of aromatic amines is 1. The van der Waals surface area contributed by atoms with E-state index in [1.54, 1.807) is 21.9 Å². The minimum absolute atomic E-state index is 0.0669. The monoisotopic (exact) mass is 357 g/mol. The normalized spacial score (nSPS) is 14.9. The molecular weight excluding hydrogens is 342 g/mol. The first-order chi connectivity index (χ1) is 12.1. The number of halogens is 1. The Morgan fingerprint density at radius 3 is 2.40 bits per heavy atom. The second-order valence-corrected chi connectivity index (χ2v) is 6.45. The number of benzene rings is 1. The molecule has 1 fully saturated rings. The van der Waals surface area contributed by atoms with Crippen LogP contribution in [0, 0.1) is 0 Å². The molecule has 0 spiro atoms. The number of carbonyl (C=O) groups is 2. The summed E-state index contributed by atoms with van der Waals surface area (Å²) in [5.74, 6) is -0.135. The van der Waals surface area contributed by atoms with Crippen LogP contribution >= 0.6 is 11.6 Å². The maximum Gasteiger partial charge on any atom is 0.270 e. The van der Waals surface area contributed by atoms with Gasteiger partial charge < -0.3 is 19.2 Å². The molecule has 128 valence electrons. The lowest BCUT2D eigenvalue weighted by atomic mass is 10.2. The molecule has 0 radical (unpaired) electrons. The summed E-state index contributed by atoms with van der Waals surface area (Å²) in [6.07, 6.45) is 2.92. The number of hydrogen-bond donors (Lipinski definition) is 1. The molecule has 6 nitrogen and oxygen atoms in total. The second kappa shape index (κ2) is 6.29. The van der Waals surface area contributed by atoms with E-state index in [9.17, 15) is 9.59 Å². The SMILES string of the molecule is O=C(c1ccoc1)N1CCN(C(=O)c2cc3cc(Cl)ccc3[nH]2)CC1. The Balaban J connectivity index is 1.44. The Labute approximate surface area is 149 Å². The van der Waals surface area contributed by atoms with Gasteiger partial charge in [0.25, 0.3) is 11.8 Å². The van der Waals surface area contributed by atoms with Crippen molar-refractivity contribution in [3.05, 3.63) is 59.1 Å². The van der Waals surface area contributed by atoms with Gasteiger partial charge in [0.2, 0.25) is 0 Å². The van der Waals surface area contributed by atoms with E-state index in [-0.39, 0.29) is 11.8 Å². The first kappa shape index (κ1) is 15.8. The van der Waals surface area contributed by atoms with Crippen molar-refractivity contribution in [1.29, 1.82) is 0 Å². The third-order valence-corrected chi connectivity index (χ3v) is 4.67. The summed E-state index contributed by atoms with van der Waals surface area (Å²) in [5, 5.41) is 1.54. The molecule has 0 bridgehead atoms. The molecule has 7 heteroatoms. The average Bonchev–Trinajstić information content (AvgIpc) is 3.30. The highest BCUT2D eigenvalue weighted by molar-refractivity contribution is 6.31. The van der Waals surface area contributed by atoms with E-state index in [1.165, 1.54) is 12.5 Å². The molecule has 2 amide bonds. The van der Waals surface area contributed by atoms with Crippen LogP contribution in [0.4, 0.5) is 0 Å². The minimum Gasteiger partial charge on any atom is -0.472 e. The summed E-state index contributed by atoms with van der Waals surface area (Å²) in [5.41, 5.74) is 1.95. The van der Waals surface area contributed by atoms with Crippen molar-refractivity contribution in [3.63, 3.8) is 0 Å². The summed E-state index contributed by atoms with van der Waals surface area (Å²) >= 11 is 5.99. The van der Waals surface area contributed by atoms with Crippen LogP contribution in [0.3, 0.4) is 0 Å². The maximum absolute atomic E-state index is 12.7. The Hall–Kier alpha value is -2.73. The maximum atomic E-state index is 12.7. The zero-order valence-electron chi connectivity index (χ0n) is 13.4. The van der Waals surface area contributed by atoms with Crippen molar-refractivity contribution < 1.29 is 14.0 Å². The van der Waals surface area contributed by atoms with Crippen molar-refractivity contribution in [2.45, 2.75) is 0 Å². The third kappa shape index (κ3) is 3.00. The minimum atomic E-state index is -0.0684. The number of carbonyl (C=O) groups excluding carboxylic acids is 2. The predicted octanol–water partition coefficient (Wildman–Crippen LogP) is 3.01. The number of hydrogen-bond acceptors (Lipinski definition) is 3. The number of furan rings is 1. The lowest BCUT2D eigenvalue weighted by Gasteiger charge is -2.34. The zero-order chi connectivity index (χ0) is 17.4. The van der Waals surface area contributed by atoms with Gasteiger partial charge in [0.1, 0.15) is 12.0 Å². The molecule has 0 unspecified atom stereocenters. The van der Waals surface area contributed by atoms with E-state index in [2.05, 4.69) is 4.98 Å². The van der Waals surface area contributed by atoms with E-state index in [0.717, 1.165) is 10.9 Å². The topological polar surface area (TPSA) is 69.6 Å². The van der Waals surface area contributed by atoms with Gasteiger partial charge in [-0.3, -0.25) is 9.59 Å². The Morgan fingerprint density at radius 1 is 1.00 bits per heavy atom. The van der Waals surface area contributed by atoms with E-state index in [1.807, 2.05) is 18.2 Å². The Morgan fingerprint density at radius 2 is 1.72 bits per heavy atom. The molecule has 2 aromatic heterocycles.